The van der Waals surface area contributed by atoms with E-state index in [9.17, 15) is 4.79 Å². The van der Waals surface area contributed by atoms with Gasteiger partial charge in [-0.25, -0.2) is 0 Å². The van der Waals surface area contributed by atoms with Crippen molar-refractivity contribution in [1.29, 1.82) is 0 Å². The first-order valence-electron chi connectivity index (χ1n) is 6.97. The number of para-hydroxylation sites is 1. The van der Waals surface area contributed by atoms with Crippen molar-refractivity contribution in [2.75, 3.05) is 26.6 Å². The molecular formula is C16H24ClNO3. The summed E-state index contributed by atoms with van der Waals surface area (Å²) in [5.41, 5.74) is 0.332. The Labute approximate surface area is 132 Å². The van der Waals surface area contributed by atoms with Gasteiger partial charge in [0.25, 0.3) is 0 Å². The molecule has 0 aromatic heterocycles. The van der Waals surface area contributed by atoms with Crippen LogP contribution in [0.4, 0.5) is 0 Å². The normalized spacial score (nSPS) is 11.1. The molecule has 0 atom stereocenters. The molecule has 1 aromatic rings. The van der Waals surface area contributed by atoms with Gasteiger partial charge in [-0.05, 0) is 26.8 Å². The maximum atomic E-state index is 12.4. The Morgan fingerprint density at radius 1 is 1.38 bits per heavy atom. The molecule has 0 saturated carbocycles. The summed E-state index contributed by atoms with van der Waals surface area (Å²) < 4.78 is 11.0. The van der Waals surface area contributed by atoms with Crippen molar-refractivity contribution >= 4 is 17.5 Å². The van der Waals surface area contributed by atoms with Crippen molar-refractivity contribution in [3.63, 3.8) is 0 Å². The number of benzene rings is 1. The van der Waals surface area contributed by atoms with Crippen molar-refractivity contribution < 1.29 is 14.3 Å². The van der Waals surface area contributed by atoms with Crippen LogP contribution >= 0.6 is 11.6 Å². The number of hydrogen-bond donors (Lipinski definition) is 0. The maximum Gasteiger partial charge on any atom is 0.229 e. The van der Waals surface area contributed by atoms with Gasteiger partial charge >= 0.3 is 0 Å². The Kier molecular flexibility index (Phi) is 6.34. The first-order valence-corrected chi connectivity index (χ1v) is 7.51. The predicted molar refractivity (Wildman–Crippen MR) is 85.1 cm³/mol. The summed E-state index contributed by atoms with van der Waals surface area (Å²) in [6.07, 6.45) is 0. The minimum Gasteiger partial charge on any atom is -0.493 e. The molecule has 0 aliphatic heterocycles. The molecule has 0 unspecified atom stereocenters. The standard InChI is InChI=1S/C16H24ClNO3/c1-6-21-14-12(8-7-9-13(14)20-5)10-18(4)15(19)16(2,3)11-17/h7-9H,6,10-11H2,1-5H3. The van der Waals surface area contributed by atoms with E-state index in [2.05, 4.69) is 0 Å². The van der Waals surface area contributed by atoms with E-state index in [1.165, 1.54) is 0 Å². The lowest BCUT2D eigenvalue weighted by molar-refractivity contribution is -0.138. The zero-order valence-electron chi connectivity index (χ0n) is 13.4. The molecule has 0 fully saturated rings. The summed E-state index contributed by atoms with van der Waals surface area (Å²) in [7, 11) is 3.37. The number of carbonyl (C=O) groups excluding carboxylic acids is 1. The number of ether oxygens (including phenoxy) is 2. The second-order valence-electron chi connectivity index (χ2n) is 5.56. The molecule has 0 aliphatic carbocycles. The average Bonchev–Trinajstić information content (AvgIpc) is 2.48. The van der Waals surface area contributed by atoms with Crippen molar-refractivity contribution in [3.05, 3.63) is 23.8 Å². The maximum absolute atomic E-state index is 12.4. The number of halogens is 1. The lowest BCUT2D eigenvalue weighted by Gasteiger charge is -2.28. The first-order chi connectivity index (χ1) is 9.87. The quantitative estimate of drug-likeness (QED) is 0.725. The number of carbonyl (C=O) groups is 1. The van der Waals surface area contributed by atoms with Crippen LogP contribution < -0.4 is 9.47 Å². The van der Waals surface area contributed by atoms with Gasteiger partial charge < -0.3 is 14.4 Å². The van der Waals surface area contributed by atoms with E-state index in [0.29, 0.717) is 24.7 Å². The Morgan fingerprint density at radius 2 is 2.05 bits per heavy atom. The summed E-state index contributed by atoms with van der Waals surface area (Å²) >= 11 is 5.87. The number of methoxy groups -OCH3 is 1. The van der Waals surface area contributed by atoms with Gasteiger partial charge in [0.05, 0.1) is 19.1 Å². The topological polar surface area (TPSA) is 38.8 Å². The van der Waals surface area contributed by atoms with Gasteiger partial charge in [-0.2, -0.15) is 0 Å². The molecule has 118 valence electrons. The fraction of sp³-hybridized carbons (Fsp3) is 0.562. The lowest BCUT2D eigenvalue weighted by Crippen LogP contribution is -2.39. The summed E-state index contributed by atoms with van der Waals surface area (Å²) in [5.74, 6) is 1.65. The highest BCUT2D eigenvalue weighted by Gasteiger charge is 2.30. The van der Waals surface area contributed by atoms with Gasteiger partial charge in [0.15, 0.2) is 11.5 Å². The number of alkyl halides is 1. The summed E-state index contributed by atoms with van der Waals surface area (Å²) in [5, 5.41) is 0. The van der Waals surface area contributed by atoms with E-state index in [1.807, 2.05) is 39.0 Å². The van der Waals surface area contributed by atoms with Crippen molar-refractivity contribution in [2.45, 2.75) is 27.3 Å². The zero-order chi connectivity index (χ0) is 16.0. The monoisotopic (exact) mass is 313 g/mol. The van der Waals surface area contributed by atoms with E-state index >= 15 is 0 Å². The molecule has 0 aliphatic rings. The zero-order valence-corrected chi connectivity index (χ0v) is 14.2. The summed E-state index contributed by atoms with van der Waals surface area (Å²) in [4.78, 5) is 14.1. The number of amides is 1. The van der Waals surface area contributed by atoms with Gasteiger partial charge in [-0.1, -0.05) is 12.1 Å². The Morgan fingerprint density at radius 3 is 2.57 bits per heavy atom. The molecule has 21 heavy (non-hydrogen) atoms. The molecule has 0 N–H and O–H groups in total. The van der Waals surface area contributed by atoms with Crippen LogP contribution in [-0.2, 0) is 11.3 Å². The van der Waals surface area contributed by atoms with E-state index in [0.717, 1.165) is 5.56 Å². The van der Waals surface area contributed by atoms with E-state index in [-0.39, 0.29) is 11.8 Å². The Hall–Kier alpha value is -1.42. The molecule has 4 nitrogen and oxygen atoms in total. The summed E-state index contributed by atoms with van der Waals surface area (Å²) in [6.45, 7) is 6.59. The van der Waals surface area contributed by atoms with Crippen LogP contribution in [-0.4, -0.2) is 37.5 Å². The number of rotatable bonds is 7. The predicted octanol–water partition coefficient (Wildman–Crippen LogP) is 3.32. The van der Waals surface area contributed by atoms with Gasteiger partial charge in [0, 0.05) is 25.0 Å². The van der Waals surface area contributed by atoms with Gasteiger partial charge in [0.2, 0.25) is 5.91 Å². The number of hydrogen-bond acceptors (Lipinski definition) is 3. The van der Waals surface area contributed by atoms with Crippen molar-refractivity contribution in [2.24, 2.45) is 5.41 Å². The molecule has 1 amide bonds. The second-order valence-corrected chi connectivity index (χ2v) is 5.83. The van der Waals surface area contributed by atoms with Gasteiger partial charge in [-0.15, -0.1) is 11.6 Å². The molecule has 0 bridgehead atoms. The second kappa shape index (κ2) is 7.55. The van der Waals surface area contributed by atoms with Gasteiger partial charge in [0.1, 0.15) is 0 Å². The minimum atomic E-state index is -0.582. The van der Waals surface area contributed by atoms with Crippen LogP contribution in [0.3, 0.4) is 0 Å². The molecular weight excluding hydrogens is 290 g/mol. The molecule has 1 rings (SSSR count). The molecule has 5 heteroatoms. The minimum absolute atomic E-state index is 0.00256. The van der Waals surface area contributed by atoms with Crippen molar-refractivity contribution in [1.82, 2.24) is 4.90 Å². The first kappa shape index (κ1) is 17.6. The molecule has 0 spiro atoms. The van der Waals surface area contributed by atoms with E-state index < -0.39 is 5.41 Å². The van der Waals surface area contributed by atoms with Gasteiger partial charge in [-0.3, -0.25) is 4.79 Å². The van der Waals surface area contributed by atoms with E-state index in [1.54, 1.807) is 19.1 Å². The smallest absolute Gasteiger partial charge is 0.229 e. The highest BCUT2D eigenvalue weighted by molar-refractivity contribution is 6.19. The fourth-order valence-corrected chi connectivity index (χ4v) is 2.17. The highest BCUT2D eigenvalue weighted by atomic mass is 35.5. The molecule has 0 saturated heterocycles. The fourth-order valence-electron chi connectivity index (χ4n) is 2.06. The van der Waals surface area contributed by atoms with Crippen molar-refractivity contribution in [3.8, 4) is 11.5 Å². The van der Waals surface area contributed by atoms with Crippen LogP contribution in [0.25, 0.3) is 0 Å². The lowest BCUT2D eigenvalue weighted by atomic mass is 9.94. The van der Waals surface area contributed by atoms with Crippen LogP contribution in [0.5, 0.6) is 11.5 Å². The van der Waals surface area contributed by atoms with Crippen LogP contribution in [0.1, 0.15) is 26.3 Å². The van der Waals surface area contributed by atoms with Crippen LogP contribution in [0, 0.1) is 5.41 Å². The average molecular weight is 314 g/mol. The largest absolute Gasteiger partial charge is 0.493 e. The third-order valence-corrected chi connectivity index (χ3v) is 3.90. The van der Waals surface area contributed by atoms with E-state index in [4.69, 9.17) is 21.1 Å². The molecule has 0 radical (unpaired) electrons. The highest BCUT2D eigenvalue weighted by Crippen LogP contribution is 2.32. The molecule has 1 aromatic carbocycles. The molecule has 0 heterocycles. The third kappa shape index (κ3) is 4.27. The SMILES string of the molecule is CCOc1c(CN(C)C(=O)C(C)(C)CCl)cccc1OC. The van der Waals surface area contributed by atoms with Crippen LogP contribution in [0.15, 0.2) is 18.2 Å². The summed E-state index contributed by atoms with van der Waals surface area (Å²) in [6, 6.07) is 5.67. The third-order valence-electron chi connectivity index (χ3n) is 3.24. The van der Waals surface area contributed by atoms with Crippen LogP contribution in [0.2, 0.25) is 0 Å². The Bertz CT molecular complexity index is 488. The Balaban J connectivity index is 2.99. The number of nitrogens with zero attached hydrogens (tertiary/aromatic N) is 1.